The predicted octanol–water partition coefficient (Wildman–Crippen LogP) is 5.14. The van der Waals surface area contributed by atoms with Crippen LogP contribution in [0, 0.1) is 5.92 Å². The summed E-state index contributed by atoms with van der Waals surface area (Å²) in [6.07, 6.45) is 2.30. The van der Waals surface area contributed by atoms with Gasteiger partial charge in [-0.1, -0.05) is 11.6 Å². The Balaban J connectivity index is 1.47. The van der Waals surface area contributed by atoms with E-state index in [1.54, 1.807) is 54.6 Å². The van der Waals surface area contributed by atoms with Gasteiger partial charge in [-0.25, -0.2) is 14.8 Å². The van der Waals surface area contributed by atoms with Crippen LogP contribution in [0.2, 0.25) is 5.02 Å². The van der Waals surface area contributed by atoms with Gasteiger partial charge in [0.25, 0.3) is 5.91 Å². The zero-order chi connectivity index (χ0) is 28.1. The SMILES string of the molecule is COC(=O)c1c(N2C(=O)C3ON(c4ccc(Cl)cc4)C(c4ccc(OC)cc4OC)C3C2=O)sc2c1CCCC2. The molecule has 6 rings (SSSR count). The zero-order valence-corrected chi connectivity index (χ0v) is 23.7. The number of methoxy groups -OCH3 is 3. The number of nitrogens with zero attached hydrogens (tertiary/aromatic N) is 2. The fraction of sp³-hybridized carbons (Fsp3) is 0.345. The van der Waals surface area contributed by atoms with Crippen LogP contribution >= 0.6 is 22.9 Å². The van der Waals surface area contributed by atoms with Crippen molar-refractivity contribution in [2.24, 2.45) is 5.92 Å². The van der Waals surface area contributed by atoms with Gasteiger partial charge in [-0.2, -0.15) is 0 Å². The number of thiophene rings is 1. The second-order valence-electron chi connectivity index (χ2n) is 9.80. The third kappa shape index (κ3) is 4.13. The third-order valence-electron chi connectivity index (χ3n) is 7.70. The zero-order valence-electron chi connectivity index (χ0n) is 22.1. The first-order valence-corrected chi connectivity index (χ1v) is 14.1. The molecule has 208 valence electrons. The predicted molar refractivity (Wildman–Crippen MR) is 149 cm³/mol. The molecule has 1 aliphatic carbocycles. The van der Waals surface area contributed by atoms with E-state index in [9.17, 15) is 14.4 Å². The highest BCUT2D eigenvalue weighted by Crippen LogP contribution is 2.52. The molecule has 3 aliphatic rings. The van der Waals surface area contributed by atoms with E-state index < -0.39 is 35.8 Å². The lowest BCUT2D eigenvalue weighted by Gasteiger charge is -2.29. The van der Waals surface area contributed by atoms with E-state index in [2.05, 4.69) is 0 Å². The first kappa shape index (κ1) is 26.6. The van der Waals surface area contributed by atoms with Crippen LogP contribution in [0.5, 0.6) is 11.5 Å². The van der Waals surface area contributed by atoms with E-state index in [0.717, 1.165) is 34.6 Å². The number of ether oxygens (including phenoxy) is 3. The maximum atomic E-state index is 14.3. The molecule has 3 unspecified atom stereocenters. The molecule has 0 N–H and O–H groups in total. The van der Waals surface area contributed by atoms with Crippen LogP contribution in [0.3, 0.4) is 0 Å². The topological polar surface area (TPSA) is 94.6 Å². The molecule has 2 aromatic carbocycles. The molecule has 2 fully saturated rings. The monoisotopic (exact) mass is 582 g/mol. The number of hydrogen-bond donors (Lipinski definition) is 0. The van der Waals surface area contributed by atoms with Crippen LogP contribution < -0.4 is 19.4 Å². The van der Waals surface area contributed by atoms with Crippen LogP contribution in [0.4, 0.5) is 10.7 Å². The third-order valence-corrected chi connectivity index (χ3v) is 9.23. The number of carbonyl (C=O) groups excluding carboxylic acids is 3. The second-order valence-corrected chi connectivity index (χ2v) is 11.3. The van der Waals surface area contributed by atoms with Gasteiger partial charge in [0.05, 0.1) is 38.6 Å². The van der Waals surface area contributed by atoms with Crippen molar-refractivity contribution in [2.75, 3.05) is 31.3 Å². The van der Waals surface area contributed by atoms with Gasteiger partial charge in [-0.3, -0.25) is 14.4 Å². The normalized spacial score (nSPS) is 21.9. The van der Waals surface area contributed by atoms with Crippen LogP contribution in [-0.2, 0) is 32.0 Å². The second kappa shape index (κ2) is 10.4. The fourth-order valence-electron chi connectivity index (χ4n) is 5.83. The number of esters is 1. The highest BCUT2D eigenvalue weighted by molar-refractivity contribution is 7.17. The summed E-state index contributed by atoms with van der Waals surface area (Å²) in [5.41, 5.74) is 2.44. The largest absolute Gasteiger partial charge is 0.497 e. The van der Waals surface area contributed by atoms with E-state index in [4.69, 9.17) is 30.6 Å². The molecule has 3 heterocycles. The summed E-state index contributed by atoms with van der Waals surface area (Å²) in [6.45, 7) is 0. The van der Waals surface area contributed by atoms with Crippen molar-refractivity contribution in [1.82, 2.24) is 0 Å². The van der Waals surface area contributed by atoms with Crippen molar-refractivity contribution in [1.29, 1.82) is 0 Å². The number of hydrogen-bond acceptors (Lipinski definition) is 9. The summed E-state index contributed by atoms with van der Waals surface area (Å²) in [7, 11) is 4.39. The Kier molecular flexibility index (Phi) is 6.93. The molecule has 2 aliphatic heterocycles. The maximum Gasteiger partial charge on any atom is 0.341 e. The van der Waals surface area contributed by atoms with Gasteiger partial charge in [0.15, 0.2) is 6.10 Å². The van der Waals surface area contributed by atoms with Crippen molar-refractivity contribution >= 4 is 51.4 Å². The van der Waals surface area contributed by atoms with Gasteiger partial charge in [0, 0.05) is 21.5 Å². The van der Waals surface area contributed by atoms with E-state index in [0.29, 0.717) is 44.8 Å². The molecule has 3 atom stereocenters. The molecule has 0 spiro atoms. The van der Waals surface area contributed by atoms with Gasteiger partial charge >= 0.3 is 5.97 Å². The average molecular weight is 583 g/mol. The molecule has 11 heteroatoms. The summed E-state index contributed by atoms with van der Waals surface area (Å²) in [4.78, 5) is 49.6. The van der Waals surface area contributed by atoms with E-state index in [1.807, 2.05) is 0 Å². The maximum absolute atomic E-state index is 14.3. The number of anilines is 2. The summed E-state index contributed by atoms with van der Waals surface area (Å²) in [5, 5.41) is 2.42. The van der Waals surface area contributed by atoms with E-state index in [-0.39, 0.29) is 0 Å². The number of carbonyl (C=O) groups is 3. The van der Waals surface area contributed by atoms with Crippen LogP contribution in [-0.4, -0.2) is 45.2 Å². The molecule has 0 radical (unpaired) electrons. The number of aryl methyl sites for hydroxylation is 1. The van der Waals surface area contributed by atoms with Gasteiger partial charge in [0.2, 0.25) is 5.91 Å². The Morgan fingerprint density at radius 1 is 1.00 bits per heavy atom. The van der Waals surface area contributed by atoms with E-state index in [1.165, 1.54) is 25.6 Å². The molecular weight excluding hydrogens is 556 g/mol. The average Bonchev–Trinajstić information content (AvgIpc) is 3.62. The van der Waals surface area contributed by atoms with Crippen LogP contribution in [0.1, 0.15) is 45.2 Å². The molecule has 0 bridgehead atoms. The molecule has 9 nitrogen and oxygen atoms in total. The van der Waals surface area contributed by atoms with Crippen molar-refractivity contribution in [2.45, 2.75) is 37.8 Å². The molecule has 2 saturated heterocycles. The molecule has 2 amide bonds. The lowest BCUT2D eigenvalue weighted by Crippen LogP contribution is -2.37. The van der Waals surface area contributed by atoms with Gasteiger partial charge in [-0.05, 0) is 67.6 Å². The van der Waals surface area contributed by atoms with Crippen molar-refractivity contribution in [3.8, 4) is 11.5 Å². The summed E-state index contributed by atoms with van der Waals surface area (Å²) < 4.78 is 16.2. The minimum absolute atomic E-state index is 0.303. The minimum Gasteiger partial charge on any atom is -0.497 e. The lowest BCUT2D eigenvalue weighted by atomic mass is 9.90. The number of benzene rings is 2. The van der Waals surface area contributed by atoms with Gasteiger partial charge in [-0.15, -0.1) is 11.3 Å². The Labute approximate surface area is 240 Å². The fourth-order valence-corrected chi connectivity index (χ4v) is 7.34. The van der Waals surface area contributed by atoms with Gasteiger partial charge in [0.1, 0.15) is 22.4 Å². The Morgan fingerprint density at radius 3 is 2.45 bits per heavy atom. The quantitative estimate of drug-likeness (QED) is 0.291. The van der Waals surface area contributed by atoms with Gasteiger partial charge < -0.3 is 14.2 Å². The number of hydroxylamine groups is 1. The standard InChI is InChI=1S/C29H27ClN2O7S/c1-36-17-12-13-18(20(14-17)37-2)24-23-25(39-32(24)16-10-8-15(30)9-11-16)27(34)31(26(23)33)28-22(29(35)38-3)19-6-4-5-7-21(19)40-28/h8-14,23-25H,4-7H2,1-3H3. The number of amides is 2. The Bertz CT molecular complexity index is 1500. The first-order valence-electron chi connectivity index (χ1n) is 12.9. The molecule has 0 saturated carbocycles. The smallest absolute Gasteiger partial charge is 0.341 e. The first-order chi connectivity index (χ1) is 19.4. The minimum atomic E-state index is -1.11. The molecule has 40 heavy (non-hydrogen) atoms. The van der Waals surface area contributed by atoms with Crippen LogP contribution in [0.25, 0.3) is 0 Å². The number of halogens is 1. The molecule has 3 aromatic rings. The number of rotatable bonds is 6. The van der Waals surface area contributed by atoms with Crippen LogP contribution in [0.15, 0.2) is 42.5 Å². The Morgan fingerprint density at radius 2 is 1.75 bits per heavy atom. The highest BCUT2D eigenvalue weighted by atomic mass is 35.5. The lowest BCUT2D eigenvalue weighted by molar-refractivity contribution is -0.126. The summed E-state index contributed by atoms with van der Waals surface area (Å²) >= 11 is 7.45. The van der Waals surface area contributed by atoms with Crippen molar-refractivity contribution in [3.63, 3.8) is 0 Å². The van der Waals surface area contributed by atoms with E-state index >= 15 is 0 Å². The molecule has 1 aromatic heterocycles. The Hall–Kier alpha value is -3.60. The van der Waals surface area contributed by atoms with Crippen molar-refractivity contribution in [3.05, 3.63) is 69.1 Å². The number of fused-ring (bicyclic) bond motifs is 2. The molecular formula is C29H27ClN2O7S. The number of imide groups is 1. The summed E-state index contributed by atoms with van der Waals surface area (Å²) in [6, 6.07) is 11.5. The highest BCUT2D eigenvalue weighted by Gasteiger charge is 2.61. The summed E-state index contributed by atoms with van der Waals surface area (Å²) in [5.74, 6) is -1.37. The van der Waals surface area contributed by atoms with Crippen molar-refractivity contribution < 1.29 is 33.4 Å².